The molecule has 0 rings (SSSR count). The maximum atomic E-state index is 10.3. The summed E-state index contributed by atoms with van der Waals surface area (Å²) in [6.07, 6.45) is 0.590. The van der Waals surface area contributed by atoms with Crippen molar-refractivity contribution in [1.29, 1.82) is 0 Å². The highest BCUT2D eigenvalue weighted by Crippen LogP contribution is 2.50. The highest BCUT2D eigenvalue weighted by Gasteiger charge is 2.15. The van der Waals surface area contributed by atoms with Gasteiger partial charge in [0.2, 0.25) is 0 Å². The molecule has 7 heteroatoms. The Morgan fingerprint density at radius 1 is 1.55 bits per heavy atom. The molecule has 0 aliphatic rings. The molecular weight excluding hydrogens is 187 g/mol. The van der Waals surface area contributed by atoms with E-state index in [1.54, 1.807) is 0 Å². The summed E-state index contributed by atoms with van der Waals surface area (Å²) in [5.41, 5.74) is 10.6. The van der Waals surface area contributed by atoms with Crippen molar-refractivity contribution in [2.24, 2.45) is 11.5 Å². The fourth-order valence-corrected chi connectivity index (χ4v) is 2.20. The standard InChI is InChI=1S/C4H13N2O3PS/c5-2-1-4(6)3-11-10(7,8)9/h4H,1-3,5-6H2,(H2,7,8,9). The van der Waals surface area contributed by atoms with Crippen LogP contribution in [0.1, 0.15) is 6.42 Å². The molecule has 68 valence electrons. The Bertz CT molecular complexity index is 150. The van der Waals surface area contributed by atoms with Crippen molar-refractivity contribution < 1.29 is 14.4 Å². The minimum Gasteiger partial charge on any atom is -0.330 e. The summed E-state index contributed by atoms with van der Waals surface area (Å²) < 4.78 is 10.3. The predicted octanol–water partition coefficient (Wildman–Crippen LogP) is -0.512. The molecule has 11 heavy (non-hydrogen) atoms. The van der Waals surface area contributed by atoms with Crippen LogP contribution in [0.25, 0.3) is 0 Å². The molecule has 0 saturated heterocycles. The van der Waals surface area contributed by atoms with Gasteiger partial charge in [-0.05, 0) is 24.3 Å². The lowest BCUT2D eigenvalue weighted by Gasteiger charge is -2.09. The summed E-state index contributed by atoms with van der Waals surface area (Å²) in [6.45, 7) is -3.50. The quantitative estimate of drug-likeness (QED) is 0.445. The Hall–Kier alpha value is 0.420. The summed E-state index contributed by atoms with van der Waals surface area (Å²) >= 11 is 0.568. The molecule has 0 spiro atoms. The van der Waals surface area contributed by atoms with E-state index >= 15 is 0 Å². The molecule has 0 radical (unpaired) electrons. The molecule has 0 amide bonds. The zero-order chi connectivity index (χ0) is 8.91. The van der Waals surface area contributed by atoms with E-state index < -0.39 is 6.80 Å². The van der Waals surface area contributed by atoms with Crippen LogP contribution < -0.4 is 11.5 Å². The van der Waals surface area contributed by atoms with Gasteiger partial charge in [0.05, 0.1) is 0 Å². The molecule has 0 aliphatic heterocycles. The molecule has 1 atom stereocenters. The molecule has 0 aliphatic carbocycles. The van der Waals surface area contributed by atoms with Crippen molar-refractivity contribution in [3.63, 3.8) is 0 Å². The number of nitrogens with two attached hydrogens (primary N) is 2. The van der Waals surface area contributed by atoms with Crippen molar-refractivity contribution in [3.05, 3.63) is 0 Å². The fourth-order valence-electron chi connectivity index (χ4n) is 0.490. The van der Waals surface area contributed by atoms with Crippen molar-refractivity contribution in [2.45, 2.75) is 12.5 Å². The number of hydrogen-bond donors (Lipinski definition) is 4. The van der Waals surface area contributed by atoms with Gasteiger partial charge in [-0.1, -0.05) is 0 Å². The summed E-state index contributed by atoms with van der Waals surface area (Å²) in [7, 11) is 0. The summed E-state index contributed by atoms with van der Waals surface area (Å²) in [6, 6.07) is -0.224. The molecule has 0 saturated carbocycles. The van der Waals surface area contributed by atoms with E-state index in [0.717, 1.165) is 0 Å². The second-order valence-electron chi connectivity index (χ2n) is 2.12. The molecular formula is C4H13N2O3PS. The topological polar surface area (TPSA) is 110 Å². The first kappa shape index (κ1) is 11.4. The normalized spacial score (nSPS) is 14.9. The van der Waals surface area contributed by atoms with Gasteiger partial charge < -0.3 is 21.3 Å². The second-order valence-corrected chi connectivity index (χ2v) is 5.90. The van der Waals surface area contributed by atoms with Crippen LogP contribution in [-0.2, 0) is 4.57 Å². The largest absolute Gasteiger partial charge is 0.384 e. The first-order valence-corrected chi connectivity index (χ1v) is 6.31. The first-order valence-electron chi connectivity index (χ1n) is 3.11. The van der Waals surface area contributed by atoms with Gasteiger partial charge in [-0.2, -0.15) is 0 Å². The smallest absolute Gasteiger partial charge is 0.330 e. The van der Waals surface area contributed by atoms with Gasteiger partial charge in [0.25, 0.3) is 0 Å². The molecule has 0 aromatic carbocycles. The van der Waals surface area contributed by atoms with E-state index in [1.165, 1.54) is 0 Å². The first-order chi connectivity index (χ1) is 4.95. The van der Waals surface area contributed by atoms with Crippen molar-refractivity contribution in [2.75, 3.05) is 12.3 Å². The van der Waals surface area contributed by atoms with Crippen molar-refractivity contribution in [1.82, 2.24) is 0 Å². The Balaban J connectivity index is 3.46. The molecule has 0 fully saturated rings. The van der Waals surface area contributed by atoms with Crippen LogP contribution in [0, 0.1) is 0 Å². The summed E-state index contributed by atoms with van der Waals surface area (Å²) in [5.74, 6) is 0.251. The van der Waals surface area contributed by atoms with E-state index in [9.17, 15) is 4.57 Å². The molecule has 0 heterocycles. The highest BCUT2D eigenvalue weighted by atomic mass is 32.7. The maximum Gasteiger partial charge on any atom is 0.384 e. The average Bonchev–Trinajstić information content (AvgIpc) is 1.83. The minimum absolute atomic E-state index is 0.224. The third kappa shape index (κ3) is 8.33. The number of hydrogen-bond acceptors (Lipinski definition) is 4. The van der Waals surface area contributed by atoms with Crippen LogP contribution in [0.4, 0.5) is 0 Å². The molecule has 6 N–H and O–H groups in total. The minimum atomic E-state index is -3.95. The van der Waals surface area contributed by atoms with E-state index in [-0.39, 0.29) is 11.8 Å². The maximum absolute atomic E-state index is 10.3. The zero-order valence-corrected chi connectivity index (χ0v) is 7.72. The molecule has 0 aromatic rings. The SMILES string of the molecule is NCCC(N)CSP(=O)(O)O. The third-order valence-corrected chi connectivity index (χ3v) is 3.36. The third-order valence-electron chi connectivity index (χ3n) is 0.994. The van der Waals surface area contributed by atoms with Gasteiger partial charge in [0.1, 0.15) is 0 Å². The Kier molecular flexibility index (Phi) is 5.33. The summed E-state index contributed by atoms with van der Waals surface area (Å²) in [4.78, 5) is 16.8. The predicted molar refractivity (Wildman–Crippen MR) is 46.1 cm³/mol. The fraction of sp³-hybridized carbons (Fsp3) is 1.00. The number of rotatable bonds is 5. The van der Waals surface area contributed by atoms with Crippen molar-refractivity contribution in [3.8, 4) is 0 Å². The van der Waals surface area contributed by atoms with E-state index in [0.29, 0.717) is 24.3 Å². The van der Waals surface area contributed by atoms with E-state index in [4.69, 9.17) is 21.3 Å². The van der Waals surface area contributed by atoms with Crippen LogP contribution in [0.2, 0.25) is 0 Å². The lowest BCUT2D eigenvalue weighted by atomic mass is 10.2. The summed E-state index contributed by atoms with van der Waals surface area (Å²) in [5, 5.41) is 0. The highest BCUT2D eigenvalue weighted by molar-refractivity contribution is 8.54. The monoisotopic (exact) mass is 200 g/mol. The molecule has 0 aromatic heterocycles. The van der Waals surface area contributed by atoms with Gasteiger partial charge in [-0.15, -0.1) is 0 Å². The van der Waals surface area contributed by atoms with Crippen LogP contribution in [-0.4, -0.2) is 28.1 Å². The average molecular weight is 200 g/mol. The Morgan fingerprint density at radius 3 is 2.45 bits per heavy atom. The van der Waals surface area contributed by atoms with Gasteiger partial charge in [-0.3, -0.25) is 0 Å². The lowest BCUT2D eigenvalue weighted by molar-refractivity contribution is 0.396. The van der Waals surface area contributed by atoms with Gasteiger partial charge in [0.15, 0.2) is 0 Å². The van der Waals surface area contributed by atoms with Crippen LogP contribution in [0.3, 0.4) is 0 Å². The van der Waals surface area contributed by atoms with Crippen LogP contribution in [0.5, 0.6) is 0 Å². The van der Waals surface area contributed by atoms with Gasteiger partial charge >= 0.3 is 6.80 Å². The van der Waals surface area contributed by atoms with Crippen LogP contribution in [0.15, 0.2) is 0 Å². The molecule has 0 bridgehead atoms. The lowest BCUT2D eigenvalue weighted by Crippen LogP contribution is -2.25. The molecule has 5 nitrogen and oxygen atoms in total. The van der Waals surface area contributed by atoms with Crippen molar-refractivity contribution >= 4 is 18.2 Å². The van der Waals surface area contributed by atoms with E-state index in [2.05, 4.69) is 0 Å². The van der Waals surface area contributed by atoms with E-state index in [1.807, 2.05) is 0 Å². The second kappa shape index (κ2) is 5.13. The Morgan fingerprint density at radius 2 is 2.09 bits per heavy atom. The van der Waals surface area contributed by atoms with Gasteiger partial charge in [-0.25, -0.2) is 4.57 Å². The van der Waals surface area contributed by atoms with Crippen LogP contribution >= 0.6 is 18.2 Å². The van der Waals surface area contributed by atoms with Gasteiger partial charge in [0, 0.05) is 11.8 Å². The zero-order valence-electron chi connectivity index (χ0n) is 6.01. The molecule has 1 unspecified atom stereocenters. The Labute approximate surface area is 69.4 Å².